The third kappa shape index (κ3) is 4.75. The Labute approximate surface area is 120 Å². The standard InChI is InChI=1S/C15H22ClNO2/c1-4-5-9-19-13-8-6-7-12(11(2)3)15(13)17-14(18)10-16/h6-8,11H,4-5,9-10H2,1-3H3,(H,17,18). The molecule has 0 aliphatic carbocycles. The number of hydrogen-bond acceptors (Lipinski definition) is 2. The van der Waals surface area contributed by atoms with Gasteiger partial charge in [-0.25, -0.2) is 0 Å². The van der Waals surface area contributed by atoms with Crippen LogP contribution in [0.3, 0.4) is 0 Å². The van der Waals surface area contributed by atoms with E-state index in [1.54, 1.807) is 0 Å². The Kier molecular flexibility index (Phi) is 6.71. The van der Waals surface area contributed by atoms with Gasteiger partial charge in [0.25, 0.3) is 0 Å². The quantitative estimate of drug-likeness (QED) is 0.602. The van der Waals surface area contributed by atoms with Crippen LogP contribution in [0.2, 0.25) is 0 Å². The normalized spacial score (nSPS) is 10.6. The van der Waals surface area contributed by atoms with Gasteiger partial charge in [-0.1, -0.05) is 39.3 Å². The number of para-hydroxylation sites is 1. The van der Waals surface area contributed by atoms with E-state index in [4.69, 9.17) is 16.3 Å². The number of amides is 1. The predicted octanol–water partition coefficient (Wildman–Crippen LogP) is 4.17. The van der Waals surface area contributed by atoms with Gasteiger partial charge < -0.3 is 10.1 Å². The van der Waals surface area contributed by atoms with Gasteiger partial charge in [0.1, 0.15) is 11.6 Å². The van der Waals surface area contributed by atoms with Crippen molar-refractivity contribution in [3.8, 4) is 5.75 Å². The van der Waals surface area contributed by atoms with E-state index in [1.807, 2.05) is 18.2 Å². The van der Waals surface area contributed by atoms with E-state index >= 15 is 0 Å². The highest BCUT2D eigenvalue weighted by molar-refractivity contribution is 6.29. The van der Waals surface area contributed by atoms with Crippen LogP contribution >= 0.6 is 11.6 Å². The monoisotopic (exact) mass is 283 g/mol. The van der Waals surface area contributed by atoms with Gasteiger partial charge in [-0.05, 0) is 24.0 Å². The minimum Gasteiger partial charge on any atom is -0.491 e. The van der Waals surface area contributed by atoms with Gasteiger partial charge >= 0.3 is 0 Å². The molecule has 0 aliphatic rings. The maximum atomic E-state index is 11.5. The van der Waals surface area contributed by atoms with Crippen LogP contribution < -0.4 is 10.1 Å². The van der Waals surface area contributed by atoms with E-state index in [0.717, 1.165) is 29.8 Å². The van der Waals surface area contributed by atoms with Crippen molar-refractivity contribution in [1.29, 1.82) is 0 Å². The SMILES string of the molecule is CCCCOc1cccc(C(C)C)c1NC(=O)CCl. The molecule has 0 heterocycles. The first-order valence-corrected chi connectivity index (χ1v) is 7.25. The van der Waals surface area contributed by atoms with Gasteiger partial charge in [0.05, 0.1) is 12.3 Å². The van der Waals surface area contributed by atoms with Gasteiger partial charge in [-0.3, -0.25) is 4.79 Å². The van der Waals surface area contributed by atoms with Crippen molar-refractivity contribution < 1.29 is 9.53 Å². The van der Waals surface area contributed by atoms with Crippen LogP contribution in [0.25, 0.3) is 0 Å². The van der Waals surface area contributed by atoms with Gasteiger partial charge in [0.2, 0.25) is 5.91 Å². The van der Waals surface area contributed by atoms with E-state index in [2.05, 4.69) is 26.1 Å². The van der Waals surface area contributed by atoms with Gasteiger partial charge in [-0.2, -0.15) is 0 Å². The van der Waals surface area contributed by atoms with Crippen molar-refractivity contribution in [1.82, 2.24) is 0 Å². The Morgan fingerprint density at radius 1 is 1.42 bits per heavy atom. The summed E-state index contributed by atoms with van der Waals surface area (Å²) >= 11 is 5.56. The van der Waals surface area contributed by atoms with Gasteiger partial charge in [0.15, 0.2) is 0 Å². The molecular formula is C15H22ClNO2. The molecule has 0 saturated heterocycles. The van der Waals surface area contributed by atoms with Crippen LogP contribution in [-0.4, -0.2) is 18.4 Å². The molecule has 1 amide bonds. The van der Waals surface area contributed by atoms with Gasteiger partial charge in [-0.15, -0.1) is 11.6 Å². The highest BCUT2D eigenvalue weighted by Crippen LogP contribution is 2.33. The van der Waals surface area contributed by atoms with Crippen LogP contribution in [0.5, 0.6) is 5.75 Å². The van der Waals surface area contributed by atoms with Gasteiger partial charge in [0, 0.05) is 0 Å². The minimum absolute atomic E-state index is 0.0547. The van der Waals surface area contributed by atoms with Crippen molar-refractivity contribution in [2.24, 2.45) is 0 Å². The largest absolute Gasteiger partial charge is 0.491 e. The van der Waals surface area contributed by atoms with Crippen LogP contribution in [0, 0.1) is 0 Å². The van der Waals surface area contributed by atoms with Crippen LogP contribution in [0.4, 0.5) is 5.69 Å². The first-order chi connectivity index (χ1) is 9.10. The average Bonchev–Trinajstić information content (AvgIpc) is 2.40. The summed E-state index contributed by atoms with van der Waals surface area (Å²) in [4.78, 5) is 11.5. The molecule has 0 atom stereocenters. The lowest BCUT2D eigenvalue weighted by atomic mass is 10.0. The second kappa shape index (κ2) is 8.05. The van der Waals surface area contributed by atoms with Crippen LogP contribution in [-0.2, 0) is 4.79 Å². The second-order valence-corrected chi connectivity index (χ2v) is 5.03. The van der Waals surface area contributed by atoms with Crippen molar-refractivity contribution >= 4 is 23.2 Å². The summed E-state index contributed by atoms with van der Waals surface area (Å²) in [6.07, 6.45) is 2.07. The average molecular weight is 284 g/mol. The first kappa shape index (κ1) is 15.8. The molecule has 1 aromatic rings. The molecule has 0 fully saturated rings. The highest BCUT2D eigenvalue weighted by Gasteiger charge is 2.14. The lowest BCUT2D eigenvalue weighted by molar-refractivity contribution is -0.113. The molecule has 3 nitrogen and oxygen atoms in total. The number of carbonyl (C=O) groups is 1. The van der Waals surface area contributed by atoms with E-state index in [-0.39, 0.29) is 11.8 Å². The predicted molar refractivity (Wildman–Crippen MR) is 80.3 cm³/mol. The molecule has 1 N–H and O–H groups in total. The number of benzene rings is 1. The van der Waals surface area contributed by atoms with Crippen molar-refractivity contribution in [2.75, 3.05) is 17.8 Å². The summed E-state index contributed by atoms with van der Waals surface area (Å²) in [5, 5.41) is 2.84. The Bertz CT molecular complexity index is 419. The summed E-state index contributed by atoms with van der Waals surface area (Å²) in [7, 11) is 0. The third-order valence-corrected chi connectivity index (χ3v) is 3.06. The number of hydrogen-bond donors (Lipinski definition) is 1. The summed E-state index contributed by atoms with van der Waals surface area (Å²) < 4.78 is 5.76. The summed E-state index contributed by atoms with van der Waals surface area (Å²) in [6, 6.07) is 5.83. The first-order valence-electron chi connectivity index (χ1n) is 6.71. The number of alkyl halides is 1. The van der Waals surface area contributed by atoms with E-state index < -0.39 is 0 Å². The Balaban J connectivity index is 2.99. The molecule has 19 heavy (non-hydrogen) atoms. The molecule has 0 aliphatic heterocycles. The lowest BCUT2D eigenvalue weighted by Crippen LogP contribution is -2.15. The fourth-order valence-electron chi connectivity index (χ4n) is 1.78. The molecule has 1 rings (SSSR count). The Hall–Kier alpha value is -1.22. The molecule has 0 saturated carbocycles. The zero-order valence-electron chi connectivity index (χ0n) is 11.8. The summed E-state index contributed by atoms with van der Waals surface area (Å²) in [5.41, 5.74) is 1.81. The molecular weight excluding hydrogens is 262 g/mol. The lowest BCUT2D eigenvalue weighted by Gasteiger charge is -2.18. The number of rotatable bonds is 7. The number of anilines is 1. The maximum Gasteiger partial charge on any atom is 0.239 e. The molecule has 4 heteroatoms. The summed E-state index contributed by atoms with van der Waals surface area (Å²) in [6.45, 7) is 6.94. The van der Waals surface area contributed by atoms with Crippen molar-refractivity contribution in [3.63, 3.8) is 0 Å². The molecule has 1 aromatic carbocycles. The van der Waals surface area contributed by atoms with Crippen LogP contribution in [0.15, 0.2) is 18.2 Å². The topological polar surface area (TPSA) is 38.3 Å². The Morgan fingerprint density at radius 2 is 2.16 bits per heavy atom. The molecule has 0 radical (unpaired) electrons. The smallest absolute Gasteiger partial charge is 0.239 e. The molecule has 0 spiro atoms. The highest BCUT2D eigenvalue weighted by atomic mass is 35.5. The maximum absolute atomic E-state index is 11.5. The van der Waals surface area contributed by atoms with E-state index in [1.165, 1.54) is 0 Å². The van der Waals surface area contributed by atoms with Crippen molar-refractivity contribution in [3.05, 3.63) is 23.8 Å². The fourth-order valence-corrected chi connectivity index (χ4v) is 1.85. The molecule has 0 unspecified atom stereocenters. The zero-order chi connectivity index (χ0) is 14.3. The van der Waals surface area contributed by atoms with E-state index in [9.17, 15) is 4.79 Å². The Morgan fingerprint density at radius 3 is 2.74 bits per heavy atom. The number of ether oxygens (including phenoxy) is 1. The number of carbonyl (C=O) groups excluding carboxylic acids is 1. The number of unbranched alkanes of at least 4 members (excludes halogenated alkanes) is 1. The summed E-state index contributed by atoms with van der Waals surface area (Å²) in [5.74, 6) is 0.759. The van der Waals surface area contributed by atoms with Crippen LogP contribution in [0.1, 0.15) is 45.1 Å². The number of nitrogens with one attached hydrogen (secondary N) is 1. The molecule has 106 valence electrons. The fraction of sp³-hybridized carbons (Fsp3) is 0.533. The second-order valence-electron chi connectivity index (χ2n) is 4.76. The minimum atomic E-state index is -0.213. The third-order valence-electron chi connectivity index (χ3n) is 2.82. The molecule has 0 aromatic heterocycles. The molecule has 0 bridgehead atoms. The zero-order valence-corrected chi connectivity index (χ0v) is 12.6. The number of halogens is 1. The van der Waals surface area contributed by atoms with Crippen molar-refractivity contribution in [2.45, 2.75) is 39.5 Å². The van der Waals surface area contributed by atoms with E-state index in [0.29, 0.717) is 12.5 Å².